The zero-order valence-corrected chi connectivity index (χ0v) is 13.6. The third-order valence-electron chi connectivity index (χ3n) is 3.74. The van der Waals surface area contributed by atoms with Gasteiger partial charge in [0, 0.05) is 38.6 Å². The van der Waals surface area contributed by atoms with E-state index in [2.05, 4.69) is 57.3 Å². The van der Waals surface area contributed by atoms with Crippen LogP contribution in [0.15, 0.2) is 31.1 Å². The fourth-order valence-electron chi connectivity index (χ4n) is 2.44. The number of imidazole rings is 1. The van der Waals surface area contributed by atoms with Crippen molar-refractivity contribution in [2.75, 3.05) is 38.1 Å². The summed E-state index contributed by atoms with van der Waals surface area (Å²) < 4.78 is 2.09. The van der Waals surface area contributed by atoms with Crippen LogP contribution < -0.4 is 4.90 Å². The summed E-state index contributed by atoms with van der Waals surface area (Å²) in [5.74, 6) is 0. The third-order valence-corrected chi connectivity index (χ3v) is 3.74. The van der Waals surface area contributed by atoms with Crippen LogP contribution in [0.1, 0.15) is 26.5 Å². The van der Waals surface area contributed by atoms with Gasteiger partial charge in [0.1, 0.15) is 5.65 Å². The van der Waals surface area contributed by atoms with Gasteiger partial charge in [0.05, 0.1) is 11.4 Å². The highest BCUT2D eigenvalue weighted by atomic mass is 15.3. The molecule has 3 heterocycles. The molecule has 1 fully saturated rings. The molecule has 0 aromatic carbocycles. The van der Waals surface area contributed by atoms with E-state index in [4.69, 9.17) is 0 Å². The van der Waals surface area contributed by atoms with Crippen LogP contribution in [0.3, 0.4) is 0 Å². The average Bonchev–Trinajstić information content (AvgIpc) is 2.93. The molecule has 0 amide bonds. The van der Waals surface area contributed by atoms with Crippen LogP contribution in [0.25, 0.3) is 11.2 Å². The summed E-state index contributed by atoms with van der Waals surface area (Å²) >= 11 is 0. The summed E-state index contributed by atoms with van der Waals surface area (Å²) in [6, 6.07) is 4.25. The minimum Gasteiger partial charge on any atom is -0.368 e. The Bertz CT molecular complexity index is 606. The smallest absolute Gasteiger partial charge is 0.137 e. The number of aromatic nitrogens is 2. The number of hydrogen-bond donors (Lipinski definition) is 0. The minimum atomic E-state index is 0.968. The Balaban J connectivity index is 0.000000774. The van der Waals surface area contributed by atoms with E-state index in [0.717, 1.165) is 43.1 Å². The number of pyridine rings is 1. The first-order valence-electron chi connectivity index (χ1n) is 7.71. The molecule has 4 heteroatoms. The zero-order valence-electron chi connectivity index (χ0n) is 13.6. The van der Waals surface area contributed by atoms with E-state index < -0.39 is 0 Å². The molecule has 0 saturated carbocycles. The number of piperazine rings is 1. The third kappa shape index (κ3) is 3.45. The average molecular weight is 286 g/mol. The predicted octanol–water partition coefficient (Wildman–Crippen LogP) is 3.15. The molecule has 1 saturated heterocycles. The van der Waals surface area contributed by atoms with Gasteiger partial charge in [-0.2, -0.15) is 0 Å². The molecule has 3 rings (SSSR count). The number of nitrogens with zero attached hydrogens (tertiary/aromatic N) is 4. The standard InChI is InChI=1S/C15H20N4.C2H6/c1-12(2)14-11-19-10-13(4-5-15(19)16-14)18-8-6-17(3)7-9-18;1-2/h4-5,10-11H,1,6-9H2,2-3H3;1-2H3. The molecular formula is C17H26N4. The first-order valence-corrected chi connectivity index (χ1v) is 7.71. The SMILES string of the molecule is C=C(C)c1cn2cc(N3CCN(C)CC3)ccc2n1.CC. The van der Waals surface area contributed by atoms with Crippen LogP contribution in [-0.4, -0.2) is 47.5 Å². The highest BCUT2D eigenvalue weighted by molar-refractivity contribution is 5.62. The lowest BCUT2D eigenvalue weighted by molar-refractivity contribution is 0.313. The van der Waals surface area contributed by atoms with Gasteiger partial charge in [-0.05, 0) is 31.7 Å². The van der Waals surface area contributed by atoms with Crippen molar-refractivity contribution in [2.45, 2.75) is 20.8 Å². The summed E-state index contributed by atoms with van der Waals surface area (Å²) in [6.07, 6.45) is 4.22. The van der Waals surface area contributed by atoms with Crippen molar-refractivity contribution in [1.82, 2.24) is 14.3 Å². The summed E-state index contributed by atoms with van der Waals surface area (Å²) in [7, 11) is 2.18. The van der Waals surface area contributed by atoms with Gasteiger partial charge in [0.25, 0.3) is 0 Å². The number of hydrogen-bond acceptors (Lipinski definition) is 3. The van der Waals surface area contributed by atoms with Gasteiger partial charge in [-0.25, -0.2) is 4.98 Å². The lowest BCUT2D eigenvalue weighted by atomic mass is 10.3. The van der Waals surface area contributed by atoms with Crippen LogP contribution in [0.4, 0.5) is 5.69 Å². The molecule has 0 spiro atoms. The molecule has 0 atom stereocenters. The van der Waals surface area contributed by atoms with E-state index in [1.165, 1.54) is 5.69 Å². The normalized spacial score (nSPS) is 15.7. The molecule has 0 N–H and O–H groups in total. The van der Waals surface area contributed by atoms with Crippen molar-refractivity contribution in [2.24, 2.45) is 0 Å². The maximum atomic E-state index is 4.55. The molecule has 1 aliphatic rings. The fraction of sp³-hybridized carbons (Fsp3) is 0.471. The first-order chi connectivity index (χ1) is 10.1. The predicted molar refractivity (Wildman–Crippen MR) is 91.0 cm³/mol. The van der Waals surface area contributed by atoms with Gasteiger partial charge in [-0.3, -0.25) is 0 Å². The minimum absolute atomic E-state index is 0.968. The van der Waals surface area contributed by atoms with E-state index in [9.17, 15) is 0 Å². The summed E-state index contributed by atoms with van der Waals surface area (Å²) in [5.41, 5.74) is 4.22. The lowest BCUT2D eigenvalue weighted by Gasteiger charge is -2.33. The van der Waals surface area contributed by atoms with Crippen LogP contribution >= 0.6 is 0 Å². The molecular weight excluding hydrogens is 260 g/mol. The topological polar surface area (TPSA) is 23.8 Å². The van der Waals surface area contributed by atoms with Gasteiger partial charge in [-0.15, -0.1) is 0 Å². The summed E-state index contributed by atoms with van der Waals surface area (Å²) in [6.45, 7) is 14.4. The molecule has 114 valence electrons. The molecule has 21 heavy (non-hydrogen) atoms. The second-order valence-electron chi connectivity index (χ2n) is 5.35. The molecule has 2 aromatic heterocycles. The highest BCUT2D eigenvalue weighted by Gasteiger charge is 2.14. The number of rotatable bonds is 2. The van der Waals surface area contributed by atoms with Crippen molar-refractivity contribution >= 4 is 16.9 Å². The van der Waals surface area contributed by atoms with Crippen LogP contribution in [-0.2, 0) is 0 Å². The van der Waals surface area contributed by atoms with E-state index >= 15 is 0 Å². The molecule has 0 radical (unpaired) electrons. The Morgan fingerprint density at radius 1 is 1.10 bits per heavy atom. The van der Waals surface area contributed by atoms with Crippen molar-refractivity contribution in [3.05, 3.63) is 36.8 Å². The van der Waals surface area contributed by atoms with Crippen molar-refractivity contribution in [3.8, 4) is 0 Å². The quantitative estimate of drug-likeness (QED) is 0.847. The zero-order chi connectivity index (χ0) is 15.4. The number of anilines is 1. The maximum Gasteiger partial charge on any atom is 0.137 e. The van der Waals surface area contributed by atoms with Crippen molar-refractivity contribution in [1.29, 1.82) is 0 Å². The summed E-state index contributed by atoms with van der Waals surface area (Å²) in [5, 5.41) is 0. The van der Waals surface area contributed by atoms with Gasteiger partial charge in [0.15, 0.2) is 0 Å². The second-order valence-corrected chi connectivity index (χ2v) is 5.35. The Labute approximate surface area is 127 Å². The summed E-state index contributed by atoms with van der Waals surface area (Å²) in [4.78, 5) is 9.34. The molecule has 0 bridgehead atoms. The van der Waals surface area contributed by atoms with Gasteiger partial charge in [-0.1, -0.05) is 20.4 Å². The van der Waals surface area contributed by atoms with E-state index in [1.54, 1.807) is 0 Å². The van der Waals surface area contributed by atoms with Crippen molar-refractivity contribution < 1.29 is 0 Å². The first kappa shape index (κ1) is 15.6. The molecule has 2 aromatic rings. The van der Waals surface area contributed by atoms with Crippen LogP contribution in [0, 0.1) is 0 Å². The Morgan fingerprint density at radius 2 is 1.76 bits per heavy atom. The number of allylic oxidation sites excluding steroid dienone is 1. The molecule has 0 unspecified atom stereocenters. The fourth-order valence-corrected chi connectivity index (χ4v) is 2.44. The van der Waals surface area contributed by atoms with Gasteiger partial charge >= 0.3 is 0 Å². The van der Waals surface area contributed by atoms with E-state index in [1.807, 2.05) is 20.8 Å². The Hall–Kier alpha value is -1.81. The largest absolute Gasteiger partial charge is 0.368 e. The Morgan fingerprint density at radius 3 is 2.38 bits per heavy atom. The van der Waals surface area contributed by atoms with E-state index in [-0.39, 0.29) is 0 Å². The van der Waals surface area contributed by atoms with E-state index in [0.29, 0.717) is 0 Å². The number of fused-ring (bicyclic) bond motifs is 1. The van der Waals surface area contributed by atoms with Gasteiger partial charge in [0.2, 0.25) is 0 Å². The monoisotopic (exact) mass is 286 g/mol. The van der Waals surface area contributed by atoms with Crippen molar-refractivity contribution in [3.63, 3.8) is 0 Å². The molecule has 1 aliphatic heterocycles. The Kier molecular flexibility index (Phi) is 5.02. The highest BCUT2D eigenvalue weighted by Crippen LogP contribution is 2.19. The number of likely N-dealkylation sites (N-methyl/N-ethyl adjacent to an activating group) is 1. The second kappa shape index (κ2) is 6.76. The van der Waals surface area contributed by atoms with Crippen LogP contribution in [0.2, 0.25) is 0 Å². The molecule has 4 nitrogen and oxygen atoms in total. The van der Waals surface area contributed by atoms with Crippen LogP contribution in [0.5, 0.6) is 0 Å². The maximum absolute atomic E-state index is 4.55. The van der Waals surface area contributed by atoms with Gasteiger partial charge < -0.3 is 14.2 Å². The lowest BCUT2D eigenvalue weighted by Crippen LogP contribution is -2.44. The molecule has 0 aliphatic carbocycles.